The second-order valence-corrected chi connectivity index (χ2v) is 7.69. The summed E-state index contributed by atoms with van der Waals surface area (Å²) in [6, 6.07) is 19.0. The number of nitrogens with one attached hydrogen (secondary N) is 1. The molecule has 1 aromatic heterocycles. The third-order valence-electron chi connectivity index (χ3n) is 3.93. The highest BCUT2D eigenvalue weighted by Gasteiger charge is 2.13. The molecular weight excluding hydrogens is 336 g/mol. The van der Waals surface area contributed by atoms with Crippen molar-refractivity contribution in [1.82, 2.24) is 9.88 Å². The topological polar surface area (TPSA) is 72.2 Å². The SMILES string of the molecule is Cc1ccccc1CS(=O)(=O)NCCc1cc(-c2ccccc2)on1. The van der Waals surface area contributed by atoms with E-state index in [0.29, 0.717) is 12.2 Å². The molecule has 0 unspecified atom stereocenters. The van der Waals surface area contributed by atoms with Gasteiger partial charge in [0.05, 0.1) is 11.4 Å². The maximum absolute atomic E-state index is 12.2. The van der Waals surface area contributed by atoms with E-state index in [4.69, 9.17) is 4.52 Å². The Labute approximate surface area is 147 Å². The summed E-state index contributed by atoms with van der Waals surface area (Å²) in [5.41, 5.74) is 3.44. The summed E-state index contributed by atoms with van der Waals surface area (Å²) in [4.78, 5) is 0. The third-order valence-corrected chi connectivity index (χ3v) is 5.26. The van der Waals surface area contributed by atoms with Crippen molar-refractivity contribution in [2.24, 2.45) is 0 Å². The van der Waals surface area contributed by atoms with Crippen LogP contribution < -0.4 is 4.72 Å². The molecule has 3 aromatic rings. The van der Waals surface area contributed by atoms with Crippen molar-refractivity contribution < 1.29 is 12.9 Å². The van der Waals surface area contributed by atoms with Crippen molar-refractivity contribution in [2.75, 3.05) is 6.54 Å². The lowest BCUT2D eigenvalue weighted by Crippen LogP contribution is -2.27. The molecule has 0 saturated heterocycles. The zero-order valence-corrected chi connectivity index (χ0v) is 14.8. The first-order chi connectivity index (χ1) is 12.0. The molecule has 5 nitrogen and oxygen atoms in total. The van der Waals surface area contributed by atoms with Crippen molar-refractivity contribution in [3.63, 3.8) is 0 Å². The molecule has 3 rings (SSSR count). The maximum Gasteiger partial charge on any atom is 0.215 e. The van der Waals surface area contributed by atoms with E-state index in [9.17, 15) is 8.42 Å². The minimum Gasteiger partial charge on any atom is -0.356 e. The highest BCUT2D eigenvalue weighted by atomic mass is 32.2. The minimum absolute atomic E-state index is 0.0201. The molecular formula is C19H20N2O3S. The van der Waals surface area contributed by atoms with Gasteiger partial charge in [0.1, 0.15) is 0 Å². The largest absolute Gasteiger partial charge is 0.356 e. The normalized spacial score (nSPS) is 11.6. The van der Waals surface area contributed by atoms with E-state index in [2.05, 4.69) is 9.88 Å². The molecule has 0 amide bonds. The average Bonchev–Trinajstić information content (AvgIpc) is 3.06. The summed E-state index contributed by atoms with van der Waals surface area (Å²) in [6.07, 6.45) is 0.476. The molecule has 0 radical (unpaired) electrons. The van der Waals surface area contributed by atoms with Crippen molar-refractivity contribution >= 4 is 10.0 Å². The Bertz CT molecular complexity index is 934. The standard InChI is InChI=1S/C19H20N2O3S/c1-15-7-5-6-10-17(15)14-25(22,23)20-12-11-18-13-19(24-21-18)16-8-3-2-4-9-16/h2-10,13,20H,11-12,14H2,1H3. The van der Waals surface area contributed by atoms with Crippen LogP contribution >= 0.6 is 0 Å². The first-order valence-electron chi connectivity index (χ1n) is 8.06. The number of hydrogen-bond donors (Lipinski definition) is 1. The van der Waals surface area contributed by atoms with Crippen LogP contribution in [0.25, 0.3) is 11.3 Å². The lowest BCUT2D eigenvalue weighted by atomic mass is 10.1. The van der Waals surface area contributed by atoms with Crippen LogP contribution in [0.1, 0.15) is 16.8 Å². The molecule has 1 heterocycles. The molecule has 2 aromatic carbocycles. The fraction of sp³-hybridized carbons (Fsp3) is 0.211. The molecule has 6 heteroatoms. The number of sulfonamides is 1. The lowest BCUT2D eigenvalue weighted by Gasteiger charge is -2.08. The molecule has 1 N–H and O–H groups in total. The first-order valence-corrected chi connectivity index (χ1v) is 9.71. The summed E-state index contributed by atoms with van der Waals surface area (Å²) in [5.74, 6) is 0.659. The maximum atomic E-state index is 12.2. The summed E-state index contributed by atoms with van der Waals surface area (Å²) < 4.78 is 32.4. The van der Waals surface area contributed by atoms with Crippen molar-refractivity contribution in [1.29, 1.82) is 0 Å². The van der Waals surface area contributed by atoms with E-state index in [1.165, 1.54) is 0 Å². The lowest BCUT2D eigenvalue weighted by molar-refractivity contribution is 0.423. The van der Waals surface area contributed by atoms with Gasteiger partial charge in [0, 0.05) is 24.6 Å². The molecule has 0 aliphatic heterocycles. The van der Waals surface area contributed by atoms with Gasteiger partial charge in [-0.25, -0.2) is 13.1 Å². The Balaban J connectivity index is 1.56. The van der Waals surface area contributed by atoms with Gasteiger partial charge in [-0.2, -0.15) is 0 Å². The second kappa shape index (κ2) is 7.63. The average molecular weight is 356 g/mol. The summed E-state index contributed by atoms with van der Waals surface area (Å²) in [5, 5.41) is 4.00. The number of benzene rings is 2. The third kappa shape index (κ3) is 4.78. The Kier molecular flexibility index (Phi) is 5.31. The van der Waals surface area contributed by atoms with Crippen molar-refractivity contribution in [2.45, 2.75) is 19.1 Å². The smallest absolute Gasteiger partial charge is 0.215 e. The molecule has 130 valence electrons. The van der Waals surface area contributed by atoms with E-state index in [-0.39, 0.29) is 12.3 Å². The number of nitrogens with zero attached hydrogens (tertiary/aromatic N) is 1. The van der Waals surface area contributed by atoms with Crippen LogP contribution in [0.4, 0.5) is 0 Å². The Morgan fingerprint density at radius 2 is 1.76 bits per heavy atom. The van der Waals surface area contributed by atoms with Crippen molar-refractivity contribution in [3.05, 3.63) is 77.5 Å². The van der Waals surface area contributed by atoms with Gasteiger partial charge in [0.15, 0.2) is 5.76 Å². The van der Waals surface area contributed by atoms with Crippen LogP contribution in [-0.2, 0) is 22.2 Å². The molecule has 0 aliphatic carbocycles. The fourth-order valence-electron chi connectivity index (χ4n) is 2.53. The molecule has 0 fully saturated rings. The van der Waals surface area contributed by atoms with Crippen LogP contribution in [0.15, 0.2) is 65.2 Å². The second-order valence-electron chi connectivity index (χ2n) is 5.88. The number of aromatic nitrogens is 1. The zero-order chi connectivity index (χ0) is 17.7. The molecule has 25 heavy (non-hydrogen) atoms. The van der Waals surface area contributed by atoms with Gasteiger partial charge in [-0.05, 0) is 18.1 Å². The van der Waals surface area contributed by atoms with Gasteiger partial charge in [0.2, 0.25) is 10.0 Å². The summed E-state index contributed by atoms with van der Waals surface area (Å²) >= 11 is 0. The van der Waals surface area contributed by atoms with Crippen LogP contribution in [0.5, 0.6) is 0 Å². The van der Waals surface area contributed by atoms with Gasteiger partial charge >= 0.3 is 0 Å². The quantitative estimate of drug-likeness (QED) is 0.705. The van der Waals surface area contributed by atoms with Gasteiger partial charge in [-0.1, -0.05) is 59.8 Å². The van der Waals surface area contributed by atoms with Gasteiger partial charge in [-0.15, -0.1) is 0 Å². The van der Waals surface area contributed by atoms with E-state index < -0.39 is 10.0 Å². The van der Waals surface area contributed by atoms with E-state index in [1.54, 1.807) is 0 Å². The van der Waals surface area contributed by atoms with Crippen LogP contribution in [0, 0.1) is 6.92 Å². The molecule has 0 aliphatic rings. The van der Waals surface area contributed by atoms with Crippen LogP contribution in [0.2, 0.25) is 0 Å². The monoisotopic (exact) mass is 356 g/mol. The predicted octanol–water partition coefficient (Wildman–Crippen LogP) is 3.31. The van der Waals surface area contributed by atoms with Crippen LogP contribution in [0.3, 0.4) is 0 Å². The predicted molar refractivity (Wildman–Crippen MR) is 97.4 cm³/mol. The van der Waals surface area contributed by atoms with Gasteiger partial charge in [-0.3, -0.25) is 0 Å². The molecule has 0 bridgehead atoms. The minimum atomic E-state index is -3.38. The fourth-order valence-corrected chi connectivity index (χ4v) is 3.78. The summed E-state index contributed by atoms with van der Waals surface area (Å²) in [6.45, 7) is 2.19. The Morgan fingerprint density at radius 1 is 1.04 bits per heavy atom. The number of hydrogen-bond acceptors (Lipinski definition) is 4. The molecule has 0 saturated carbocycles. The zero-order valence-electron chi connectivity index (χ0n) is 14.0. The molecule has 0 spiro atoms. The Morgan fingerprint density at radius 3 is 2.52 bits per heavy atom. The molecule has 0 atom stereocenters. The number of rotatable bonds is 7. The summed E-state index contributed by atoms with van der Waals surface area (Å²) in [7, 11) is -3.38. The van der Waals surface area contributed by atoms with Gasteiger partial charge < -0.3 is 4.52 Å². The van der Waals surface area contributed by atoms with E-state index in [1.807, 2.05) is 67.6 Å². The van der Waals surface area contributed by atoms with E-state index >= 15 is 0 Å². The first kappa shape index (κ1) is 17.4. The highest BCUT2D eigenvalue weighted by Crippen LogP contribution is 2.19. The van der Waals surface area contributed by atoms with Crippen LogP contribution in [-0.4, -0.2) is 20.1 Å². The van der Waals surface area contributed by atoms with E-state index in [0.717, 1.165) is 22.4 Å². The van der Waals surface area contributed by atoms with Gasteiger partial charge in [0.25, 0.3) is 0 Å². The highest BCUT2D eigenvalue weighted by molar-refractivity contribution is 7.88. The Hall–Kier alpha value is -2.44. The van der Waals surface area contributed by atoms with Crippen molar-refractivity contribution in [3.8, 4) is 11.3 Å². The number of aryl methyl sites for hydroxylation is 1.